The zero-order valence-electron chi connectivity index (χ0n) is 15.1. The van der Waals surface area contributed by atoms with Gasteiger partial charge in [0, 0.05) is 18.3 Å². The molecule has 0 bridgehead atoms. The average molecular weight is 391 g/mol. The number of aliphatic carboxylic acids is 1. The van der Waals surface area contributed by atoms with Gasteiger partial charge in [-0.2, -0.15) is 18.3 Å². The SMILES string of the molecule is CCNCc1cccc(-c2cccc(-c3ccn[nH]3)c2)c1.O=C(O)C(F)(F)F. The molecule has 1 heterocycles. The molecule has 0 spiro atoms. The highest BCUT2D eigenvalue weighted by Gasteiger charge is 2.38. The van der Waals surface area contributed by atoms with E-state index in [1.807, 2.05) is 6.07 Å². The molecule has 3 rings (SSSR count). The summed E-state index contributed by atoms with van der Waals surface area (Å²) >= 11 is 0. The molecule has 0 radical (unpaired) electrons. The molecular formula is C20H20F3N3O2. The molecule has 148 valence electrons. The van der Waals surface area contributed by atoms with E-state index in [2.05, 4.69) is 71.0 Å². The number of carboxylic acids is 1. The largest absolute Gasteiger partial charge is 0.490 e. The highest BCUT2D eigenvalue weighted by molar-refractivity contribution is 5.73. The van der Waals surface area contributed by atoms with Crippen LogP contribution >= 0.6 is 0 Å². The van der Waals surface area contributed by atoms with Gasteiger partial charge in [0.25, 0.3) is 0 Å². The summed E-state index contributed by atoms with van der Waals surface area (Å²) in [6.07, 6.45) is -3.31. The number of hydrogen-bond acceptors (Lipinski definition) is 3. The minimum atomic E-state index is -5.08. The molecule has 2 aromatic carbocycles. The van der Waals surface area contributed by atoms with Crippen LogP contribution in [-0.4, -0.2) is 34.0 Å². The summed E-state index contributed by atoms with van der Waals surface area (Å²) in [7, 11) is 0. The number of nitrogens with zero attached hydrogens (tertiary/aromatic N) is 1. The highest BCUT2D eigenvalue weighted by Crippen LogP contribution is 2.25. The molecule has 0 aliphatic heterocycles. The predicted molar refractivity (Wildman–Crippen MR) is 101 cm³/mol. The normalized spacial score (nSPS) is 10.9. The minimum absolute atomic E-state index is 0.907. The van der Waals surface area contributed by atoms with Crippen LogP contribution in [0, 0.1) is 0 Å². The number of rotatable bonds is 5. The molecule has 1 aromatic heterocycles. The Morgan fingerprint density at radius 2 is 1.68 bits per heavy atom. The summed E-state index contributed by atoms with van der Waals surface area (Å²) in [4.78, 5) is 8.90. The summed E-state index contributed by atoms with van der Waals surface area (Å²) in [5.74, 6) is -2.76. The van der Waals surface area contributed by atoms with Crippen molar-refractivity contribution in [1.29, 1.82) is 0 Å². The summed E-state index contributed by atoms with van der Waals surface area (Å²) in [5.41, 5.74) is 5.97. The van der Waals surface area contributed by atoms with Crippen molar-refractivity contribution >= 4 is 5.97 Å². The zero-order chi connectivity index (χ0) is 20.6. The minimum Gasteiger partial charge on any atom is -0.475 e. The lowest BCUT2D eigenvalue weighted by Crippen LogP contribution is -2.21. The first-order chi connectivity index (χ1) is 13.3. The molecular weight excluding hydrogens is 371 g/mol. The number of aromatic nitrogens is 2. The van der Waals surface area contributed by atoms with Gasteiger partial charge < -0.3 is 10.4 Å². The number of carbonyl (C=O) groups is 1. The molecule has 0 fully saturated rings. The number of hydrogen-bond donors (Lipinski definition) is 3. The van der Waals surface area contributed by atoms with Gasteiger partial charge in [-0.25, -0.2) is 4.79 Å². The Bertz CT molecular complexity index is 894. The molecule has 0 atom stereocenters. The Hall–Kier alpha value is -3.13. The Morgan fingerprint density at radius 1 is 1.07 bits per heavy atom. The summed E-state index contributed by atoms with van der Waals surface area (Å²) in [6.45, 7) is 4.02. The first kappa shape index (κ1) is 21.2. The van der Waals surface area contributed by atoms with E-state index in [-0.39, 0.29) is 0 Å². The molecule has 3 aromatic rings. The third-order valence-corrected chi connectivity index (χ3v) is 3.76. The average Bonchev–Trinajstić information content (AvgIpc) is 3.21. The molecule has 28 heavy (non-hydrogen) atoms. The monoisotopic (exact) mass is 391 g/mol. The molecule has 0 saturated carbocycles. The molecule has 0 unspecified atom stereocenters. The van der Waals surface area contributed by atoms with E-state index in [1.54, 1.807) is 6.20 Å². The van der Waals surface area contributed by atoms with Crippen molar-refractivity contribution in [3.63, 3.8) is 0 Å². The van der Waals surface area contributed by atoms with Gasteiger partial charge in [-0.05, 0) is 41.4 Å². The van der Waals surface area contributed by atoms with Crippen LogP contribution < -0.4 is 5.32 Å². The van der Waals surface area contributed by atoms with Gasteiger partial charge in [-0.15, -0.1) is 0 Å². The van der Waals surface area contributed by atoms with E-state index >= 15 is 0 Å². The second-order valence-electron chi connectivity index (χ2n) is 5.83. The predicted octanol–water partition coefficient (Wildman–Crippen LogP) is 4.49. The van der Waals surface area contributed by atoms with Crippen LogP contribution in [0.15, 0.2) is 60.8 Å². The van der Waals surface area contributed by atoms with Crippen molar-refractivity contribution in [1.82, 2.24) is 15.5 Å². The van der Waals surface area contributed by atoms with Crippen LogP contribution in [-0.2, 0) is 11.3 Å². The van der Waals surface area contributed by atoms with Crippen molar-refractivity contribution in [3.8, 4) is 22.4 Å². The van der Waals surface area contributed by atoms with E-state index < -0.39 is 12.1 Å². The Morgan fingerprint density at radius 3 is 2.25 bits per heavy atom. The fourth-order valence-electron chi connectivity index (χ4n) is 2.41. The van der Waals surface area contributed by atoms with Gasteiger partial charge >= 0.3 is 12.1 Å². The van der Waals surface area contributed by atoms with Gasteiger partial charge in [0.05, 0.1) is 5.69 Å². The maximum absolute atomic E-state index is 10.6. The van der Waals surface area contributed by atoms with Crippen LogP contribution in [0.1, 0.15) is 12.5 Å². The van der Waals surface area contributed by atoms with Gasteiger partial charge in [-0.3, -0.25) is 5.10 Å². The topological polar surface area (TPSA) is 78.0 Å². The van der Waals surface area contributed by atoms with Crippen LogP contribution in [0.2, 0.25) is 0 Å². The molecule has 0 amide bonds. The van der Waals surface area contributed by atoms with Crippen LogP contribution in [0.3, 0.4) is 0 Å². The summed E-state index contributed by atoms with van der Waals surface area (Å²) in [6, 6.07) is 19.2. The molecule has 5 nitrogen and oxygen atoms in total. The molecule has 8 heteroatoms. The van der Waals surface area contributed by atoms with Crippen LogP contribution in [0.4, 0.5) is 13.2 Å². The molecule has 0 aliphatic rings. The third-order valence-electron chi connectivity index (χ3n) is 3.76. The lowest BCUT2D eigenvalue weighted by Gasteiger charge is -2.07. The maximum Gasteiger partial charge on any atom is 0.490 e. The van der Waals surface area contributed by atoms with Gasteiger partial charge in [0.1, 0.15) is 0 Å². The van der Waals surface area contributed by atoms with Crippen LogP contribution in [0.25, 0.3) is 22.4 Å². The fraction of sp³-hybridized carbons (Fsp3) is 0.200. The first-order valence-corrected chi connectivity index (χ1v) is 8.51. The maximum atomic E-state index is 10.6. The lowest BCUT2D eigenvalue weighted by molar-refractivity contribution is -0.192. The lowest BCUT2D eigenvalue weighted by atomic mass is 10.00. The van der Waals surface area contributed by atoms with Crippen molar-refractivity contribution in [2.24, 2.45) is 0 Å². The quantitative estimate of drug-likeness (QED) is 0.599. The number of nitrogens with one attached hydrogen (secondary N) is 2. The number of alkyl halides is 3. The number of benzene rings is 2. The zero-order valence-corrected chi connectivity index (χ0v) is 15.1. The second-order valence-corrected chi connectivity index (χ2v) is 5.83. The molecule has 0 aliphatic carbocycles. The van der Waals surface area contributed by atoms with E-state index in [0.29, 0.717) is 0 Å². The van der Waals surface area contributed by atoms with E-state index in [0.717, 1.165) is 24.3 Å². The second kappa shape index (κ2) is 9.70. The van der Waals surface area contributed by atoms with Gasteiger partial charge in [0.2, 0.25) is 0 Å². The van der Waals surface area contributed by atoms with Crippen molar-refractivity contribution in [3.05, 3.63) is 66.4 Å². The number of aromatic amines is 1. The number of H-pyrrole nitrogens is 1. The number of carboxylic acid groups (broad SMARTS) is 1. The summed E-state index contributed by atoms with van der Waals surface area (Å²) in [5, 5.41) is 17.5. The Kier molecular flexibility index (Phi) is 7.34. The van der Waals surface area contributed by atoms with Crippen molar-refractivity contribution < 1.29 is 23.1 Å². The Labute approximate surface area is 160 Å². The van der Waals surface area contributed by atoms with Crippen molar-refractivity contribution in [2.75, 3.05) is 6.54 Å². The van der Waals surface area contributed by atoms with Gasteiger partial charge in [-0.1, -0.05) is 43.3 Å². The van der Waals surface area contributed by atoms with E-state index in [4.69, 9.17) is 9.90 Å². The standard InChI is InChI=1S/C18H19N3.C2HF3O2/c1-2-19-13-14-5-3-6-15(11-14)16-7-4-8-17(12-16)18-9-10-20-21-18;3-2(4,5)1(6)7/h3-12,19H,2,13H2,1H3,(H,20,21);(H,6,7). The third kappa shape index (κ3) is 6.24. The number of halogens is 3. The van der Waals surface area contributed by atoms with E-state index in [9.17, 15) is 13.2 Å². The van der Waals surface area contributed by atoms with Crippen molar-refractivity contribution in [2.45, 2.75) is 19.6 Å². The van der Waals surface area contributed by atoms with Crippen LogP contribution in [0.5, 0.6) is 0 Å². The first-order valence-electron chi connectivity index (χ1n) is 8.51. The summed E-state index contributed by atoms with van der Waals surface area (Å²) < 4.78 is 31.7. The van der Waals surface area contributed by atoms with E-state index in [1.165, 1.54) is 16.7 Å². The molecule has 3 N–H and O–H groups in total. The fourth-order valence-corrected chi connectivity index (χ4v) is 2.41. The smallest absolute Gasteiger partial charge is 0.475 e. The highest BCUT2D eigenvalue weighted by atomic mass is 19.4. The van der Waals surface area contributed by atoms with Gasteiger partial charge in [0.15, 0.2) is 0 Å². The molecule has 0 saturated heterocycles. The Balaban J connectivity index is 0.000000345.